The summed E-state index contributed by atoms with van der Waals surface area (Å²) in [4.78, 5) is 14.1. The second kappa shape index (κ2) is 6.16. The Labute approximate surface area is 127 Å². The summed E-state index contributed by atoms with van der Waals surface area (Å²) in [6, 6.07) is 6.37. The molecular weight excluding hydrogens is 264 g/mol. The average Bonchev–Trinajstić information content (AvgIpc) is 2.71. The lowest BCUT2D eigenvalue weighted by atomic mass is 10.0. The SMILES string of the molecule is CCOC(C)(C)CN1C(=O)CNC1c1ccc(C)cc1C. The van der Waals surface area contributed by atoms with Crippen molar-refractivity contribution in [2.24, 2.45) is 0 Å². The van der Waals surface area contributed by atoms with Crippen LogP contribution in [0.3, 0.4) is 0 Å². The normalized spacial score (nSPS) is 19.4. The summed E-state index contributed by atoms with van der Waals surface area (Å²) < 4.78 is 5.75. The lowest BCUT2D eigenvalue weighted by Gasteiger charge is -2.34. The van der Waals surface area contributed by atoms with Crippen LogP contribution in [0.25, 0.3) is 0 Å². The molecule has 0 radical (unpaired) electrons. The van der Waals surface area contributed by atoms with E-state index in [0.717, 1.165) is 0 Å². The number of carbonyl (C=O) groups is 1. The number of rotatable bonds is 5. The van der Waals surface area contributed by atoms with Crippen molar-refractivity contribution in [3.8, 4) is 0 Å². The fraction of sp³-hybridized carbons (Fsp3) is 0.588. The Morgan fingerprint density at radius 2 is 2.10 bits per heavy atom. The molecule has 0 saturated carbocycles. The third-order valence-electron chi connectivity index (χ3n) is 3.88. The van der Waals surface area contributed by atoms with Gasteiger partial charge < -0.3 is 9.64 Å². The van der Waals surface area contributed by atoms with Crippen molar-refractivity contribution in [2.45, 2.75) is 46.4 Å². The van der Waals surface area contributed by atoms with Gasteiger partial charge in [0, 0.05) is 6.61 Å². The molecule has 0 spiro atoms. The van der Waals surface area contributed by atoms with E-state index in [9.17, 15) is 4.79 Å². The lowest BCUT2D eigenvalue weighted by Crippen LogP contribution is -2.43. The first kappa shape index (κ1) is 16.0. The number of hydrogen-bond donors (Lipinski definition) is 1. The van der Waals surface area contributed by atoms with Gasteiger partial charge in [-0.25, -0.2) is 0 Å². The highest BCUT2D eigenvalue weighted by Gasteiger charge is 2.36. The van der Waals surface area contributed by atoms with Crippen LogP contribution in [0.4, 0.5) is 0 Å². The zero-order valence-corrected chi connectivity index (χ0v) is 13.7. The molecule has 1 aliphatic heterocycles. The first-order valence-electron chi connectivity index (χ1n) is 7.58. The number of amides is 1. The summed E-state index contributed by atoms with van der Waals surface area (Å²) in [5, 5.41) is 3.32. The maximum atomic E-state index is 12.2. The van der Waals surface area contributed by atoms with Crippen molar-refractivity contribution >= 4 is 5.91 Å². The Morgan fingerprint density at radius 3 is 2.71 bits per heavy atom. The molecule has 2 rings (SSSR count). The van der Waals surface area contributed by atoms with Crippen molar-refractivity contribution in [3.63, 3.8) is 0 Å². The molecule has 1 saturated heterocycles. The Balaban J connectivity index is 2.24. The molecule has 1 aliphatic rings. The number of aryl methyl sites for hydroxylation is 2. The first-order chi connectivity index (χ1) is 9.84. The van der Waals surface area contributed by atoms with Crippen LogP contribution in [0.1, 0.15) is 43.6 Å². The predicted octanol–water partition coefficient (Wildman–Crippen LogP) is 2.55. The van der Waals surface area contributed by atoms with Crippen molar-refractivity contribution < 1.29 is 9.53 Å². The van der Waals surface area contributed by atoms with Crippen molar-refractivity contribution in [2.75, 3.05) is 19.7 Å². The van der Waals surface area contributed by atoms with E-state index >= 15 is 0 Å². The molecule has 1 unspecified atom stereocenters. The van der Waals surface area contributed by atoms with Crippen molar-refractivity contribution in [1.82, 2.24) is 10.2 Å². The van der Waals surface area contributed by atoms with Gasteiger partial charge in [0.25, 0.3) is 0 Å². The zero-order valence-electron chi connectivity index (χ0n) is 13.7. The minimum absolute atomic E-state index is 0.0576. The van der Waals surface area contributed by atoms with E-state index in [1.807, 2.05) is 25.7 Å². The van der Waals surface area contributed by atoms with E-state index in [1.54, 1.807) is 0 Å². The topological polar surface area (TPSA) is 41.6 Å². The summed E-state index contributed by atoms with van der Waals surface area (Å²) >= 11 is 0. The van der Waals surface area contributed by atoms with Crippen LogP contribution in [0.15, 0.2) is 18.2 Å². The molecule has 1 heterocycles. The van der Waals surface area contributed by atoms with Crippen LogP contribution in [0.2, 0.25) is 0 Å². The van der Waals surface area contributed by atoms with E-state index in [2.05, 4.69) is 37.4 Å². The summed E-state index contributed by atoms with van der Waals surface area (Å²) in [5.41, 5.74) is 3.27. The Hall–Kier alpha value is -1.39. The summed E-state index contributed by atoms with van der Waals surface area (Å²) in [7, 11) is 0. The van der Waals surface area contributed by atoms with E-state index in [1.165, 1.54) is 16.7 Å². The van der Waals surface area contributed by atoms with E-state index < -0.39 is 0 Å². The van der Waals surface area contributed by atoms with Gasteiger partial charge in [0.2, 0.25) is 5.91 Å². The van der Waals surface area contributed by atoms with Gasteiger partial charge in [-0.15, -0.1) is 0 Å². The average molecular weight is 290 g/mol. The van der Waals surface area contributed by atoms with Crippen LogP contribution in [0.5, 0.6) is 0 Å². The highest BCUT2D eigenvalue weighted by molar-refractivity contribution is 5.81. The van der Waals surface area contributed by atoms with Crippen LogP contribution < -0.4 is 5.32 Å². The van der Waals surface area contributed by atoms with E-state index in [-0.39, 0.29) is 17.7 Å². The third kappa shape index (κ3) is 3.63. The summed E-state index contributed by atoms with van der Waals surface area (Å²) in [5.74, 6) is 0.132. The quantitative estimate of drug-likeness (QED) is 0.906. The molecule has 0 aliphatic carbocycles. The molecule has 0 bridgehead atoms. The van der Waals surface area contributed by atoms with Crippen molar-refractivity contribution in [3.05, 3.63) is 34.9 Å². The van der Waals surface area contributed by atoms with Crippen LogP contribution in [-0.2, 0) is 9.53 Å². The molecule has 4 nitrogen and oxygen atoms in total. The van der Waals surface area contributed by atoms with Crippen molar-refractivity contribution in [1.29, 1.82) is 0 Å². The third-order valence-corrected chi connectivity index (χ3v) is 3.88. The maximum Gasteiger partial charge on any atom is 0.238 e. The molecule has 1 aromatic carbocycles. The van der Waals surface area contributed by atoms with Gasteiger partial charge in [0.15, 0.2) is 0 Å². The Bertz CT molecular complexity index is 526. The molecule has 1 N–H and O–H groups in total. The number of nitrogens with one attached hydrogen (secondary N) is 1. The molecule has 1 atom stereocenters. The standard InChI is InChI=1S/C17H26N2O2/c1-6-21-17(4,5)11-19-15(20)10-18-16(19)14-8-7-12(2)9-13(14)3/h7-9,16,18H,6,10-11H2,1-5H3. The van der Waals surface area contributed by atoms with Gasteiger partial charge in [-0.1, -0.05) is 23.8 Å². The zero-order chi connectivity index (χ0) is 15.6. The molecule has 0 aromatic heterocycles. The Morgan fingerprint density at radius 1 is 1.38 bits per heavy atom. The monoisotopic (exact) mass is 290 g/mol. The number of benzene rings is 1. The highest BCUT2D eigenvalue weighted by Crippen LogP contribution is 2.28. The van der Waals surface area contributed by atoms with Gasteiger partial charge >= 0.3 is 0 Å². The number of ether oxygens (including phenoxy) is 1. The second-order valence-electron chi connectivity index (χ2n) is 6.36. The Kier molecular flexibility index (Phi) is 4.69. The largest absolute Gasteiger partial charge is 0.374 e. The van der Waals surface area contributed by atoms with Gasteiger partial charge in [0.1, 0.15) is 6.17 Å². The molecule has 116 valence electrons. The number of carbonyl (C=O) groups excluding carboxylic acids is 1. The second-order valence-corrected chi connectivity index (χ2v) is 6.36. The van der Waals surface area contributed by atoms with Crippen LogP contribution in [-0.4, -0.2) is 36.1 Å². The lowest BCUT2D eigenvalue weighted by molar-refractivity contribution is -0.132. The fourth-order valence-corrected chi connectivity index (χ4v) is 2.98. The molecule has 1 amide bonds. The van der Waals surface area contributed by atoms with Crippen LogP contribution in [0, 0.1) is 13.8 Å². The summed E-state index contributed by atoms with van der Waals surface area (Å²) in [6.07, 6.45) is -0.0576. The molecule has 1 fully saturated rings. The number of hydrogen-bond acceptors (Lipinski definition) is 3. The smallest absolute Gasteiger partial charge is 0.238 e. The van der Waals surface area contributed by atoms with Gasteiger partial charge in [-0.3, -0.25) is 10.1 Å². The van der Waals surface area contributed by atoms with Gasteiger partial charge in [0.05, 0.1) is 18.7 Å². The molecule has 4 heteroatoms. The number of nitrogens with zero attached hydrogens (tertiary/aromatic N) is 1. The first-order valence-corrected chi connectivity index (χ1v) is 7.58. The van der Waals surface area contributed by atoms with E-state index in [4.69, 9.17) is 4.74 Å². The van der Waals surface area contributed by atoms with Gasteiger partial charge in [-0.2, -0.15) is 0 Å². The maximum absolute atomic E-state index is 12.2. The molecular formula is C17H26N2O2. The molecule has 1 aromatic rings. The minimum atomic E-state index is -0.340. The van der Waals surface area contributed by atoms with Gasteiger partial charge in [-0.05, 0) is 45.7 Å². The van der Waals surface area contributed by atoms with Crippen LogP contribution >= 0.6 is 0 Å². The predicted molar refractivity (Wildman–Crippen MR) is 84.1 cm³/mol. The highest BCUT2D eigenvalue weighted by atomic mass is 16.5. The minimum Gasteiger partial charge on any atom is -0.374 e. The molecule has 21 heavy (non-hydrogen) atoms. The summed E-state index contributed by atoms with van der Waals surface area (Å²) in [6.45, 7) is 11.8. The fourth-order valence-electron chi connectivity index (χ4n) is 2.98. The van der Waals surface area contributed by atoms with E-state index in [0.29, 0.717) is 19.7 Å².